The lowest BCUT2D eigenvalue weighted by Gasteiger charge is -2.32. The number of aromatic nitrogens is 1. The summed E-state index contributed by atoms with van der Waals surface area (Å²) in [5.74, 6) is -1.04. The third-order valence-corrected chi connectivity index (χ3v) is 3.85. The molecule has 1 aromatic heterocycles. The topological polar surface area (TPSA) is 54.5 Å². The Labute approximate surface area is 138 Å². The van der Waals surface area contributed by atoms with Crippen LogP contribution in [0.1, 0.15) is 12.8 Å². The number of hydrogen-bond donors (Lipinski definition) is 1. The first-order valence-electron chi connectivity index (χ1n) is 7.71. The predicted octanol–water partition coefficient (Wildman–Crippen LogP) is 3.44. The molecule has 126 valence electrons. The van der Waals surface area contributed by atoms with Gasteiger partial charge < -0.3 is 15.0 Å². The van der Waals surface area contributed by atoms with Gasteiger partial charge in [0.05, 0.1) is 0 Å². The number of carbonyl (C=O) groups excluding carboxylic acids is 1. The summed E-state index contributed by atoms with van der Waals surface area (Å²) in [5.41, 5.74) is -0.422. The number of pyridine rings is 1. The van der Waals surface area contributed by atoms with Crippen molar-refractivity contribution >= 4 is 11.7 Å². The molecule has 1 fully saturated rings. The van der Waals surface area contributed by atoms with Gasteiger partial charge in [0.25, 0.3) is 0 Å². The highest BCUT2D eigenvalue weighted by Crippen LogP contribution is 2.21. The second kappa shape index (κ2) is 7.25. The molecule has 0 atom stereocenters. The van der Waals surface area contributed by atoms with E-state index in [-0.39, 0.29) is 6.10 Å². The van der Waals surface area contributed by atoms with Crippen LogP contribution in [0.25, 0.3) is 0 Å². The Hall–Kier alpha value is -2.70. The van der Waals surface area contributed by atoms with Crippen molar-refractivity contribution < 1.29 is 18.3 Å². The Kier molecular flexibility index (Phi) is 4.88. The Bertz CT molecular complexity index is 684. The smallest absolute Gasteiger partial charge is 0.322 e. The van der Waals surface area contributed by atoms with E-state index in [2.05, 4.69) is 10.3 Å². The molecule has 7 heteroatoms. The fourth-order valence-electron chi connectivity index (χ4n) is 2.57. The van der Waals surface area contributed by atoms with Crippen molar-refractivity contribution in [2.45, 2.75) is 18.9 Å². The van der Waals surface area contributed by atoms with Crippen LogP contribution in [0.4, 0.5) is 19.3 Å². The van der Waals surface area contributed by atoms with Gasteiger partial charge in [-0.15, -0.1) is 0 Å². The molecular formula is C17H17F2N3O2. The van der Waals surface area contributed by atoms with Crippen LogP contribution in [0, 0.1) is 11.6 Å². The second-order valence-corrected chi connectivity index (χ2v) is 5.50. The number of benzene rings is 1. The summed E-state index contributed by atoms with van der Waals surface area (Å²) in [4.78, 5) is 17.8. The van der Waals surface area contributed by atoms with Crippen LogP contribution < -0.4 is 10.1 Å². The minimum Gasteiger partial charge on any atom is -0.474 e. The fourth-order valence-corrected chi connectivity index (χ4v) is 2.57. The number of rotatable bonds is 3. The molecule has 1 N–H and O–H groups in total. The Morgan fingerprint density at radius 2 is 1.83 bits per heavy atom. The highest BCUT2D eigenvalue weighted by molar-refractivity contribution is 5.89. The number of urea groups is 1. The van der Waals surface area contributed by atoms with E-state index in [1.54, 1.807) is 12.3 Å². The van der Waals surface area contributed by atoms with Gasteiger partial charge in [0.15, 0.2) is 0 Å². The van der Waals surface area contributed by atoms with Crippen molar-refractivity contribution in [3.8, 4) is 5.88 Å². The molecule has 0 spiro atoms. The molecule has 0 aliphatic carbocycles. The molecule has 2 aromatic rings. The number of nitrogens with zero attached hydrogens (tertiary/aromatic N) is 2. The number of likely N-dealkylation sites (tertiary alicyclic amines) is 1. The van der Waals surface area contributed by atoms with Gasteiger partial charge in [0, 0.05) is 38.2 Å². The van der Waals surface area contributed by atoms with Crippen LogP contribution in [0.2, 0.25) is 0 Å². The number of anilines is 1. The number of piperidine rings is 1. The molecule has 1 aromatic carbocycles. The molecule has 1 aliphatic rings. The van der Waals surface area contributed by atoms with Crippen molar-refractivity contribution in [3.05, 3.63) is 54.2 Å². The molecule has 2 heterocycles. The number of ether oxygens (including phenoxy) is 1. The van der Waals surface area contributed by atoms with Crippen molar-refractivity contribution in [1.29, 1.82) is 0 Å². The van der Waals surface area contributed by atoms with Gasteiger partial charge in [-0.05, 0) is 18.2 Å². The quantitative estimate of drug-likeness (QED) is 0.936. The van der Waals surface area contributed by atoms with Gasteiger partial charge in [0.1, 0.15) is 23.4 Å². The van der Waals surface area contributed by atoms with Crippen LogP contribution in [0.3, 0.4) is 0 Å². The summed E-state index contributed by atoms with van der Waals surface area (Å²) in [6.45, 7) is 0.888. The van der Waals surface area contributed by atoms with Crippen molar-refractivity contribution in [3.63, 3.8) is 0 Å². The zero-order valence-electron chi connectivity index (χ0n) is 12.9. The summed E-state index contributed by atoms with van der Waals surface area (Å²) in [6, 6.07) is 8.36. The molecule has 0 radical (unpaired) electrons. The molecule has 0 saturated carbocycles. The average Bonchev–Trinajstić information content (AvgIpc) is 2.60. The summed E-state index contributed by atoms with van der Waals surface area (Å²) in [7, 11) is 0. The summed E-state index contributed by atoms with van der Waals surface area (Å²) in [5, 5.41) is 2.30. The zero-order valence-corrected chi connectivity index (χ0v) is 12.9. The van der Waals surface area contributed by atoms with Gasteiger partial charge in [-0.3, -0.25) is 0 Å². The van der Waals surface area contributed by atoms with Crippen LogP contribution in [0.5, 0.6) is 5.88 Å². The number of amides is 2. The van der Waals surface area contributed by atoms with Crippen LogP contribution >= 0.6 is 0 Å². The van der Waals surface area contributed by atoms with Crippen LogP contribution in [-0.2, 0) is 0 Å². The first-order valence-corrected chi connectivity index (χ1v) is 7.71. The molecule has 5 nitrogen and oxygen atoms in total. The molecule has 1 saturated heterocycles. The third-order valence-electron chi connectivity index (χ3n) is 3.85. The average molecular weight is 333 g/mol. The SMILES string of the molecule is O=C(Nc1c(F)cccc1F)N1CCC(Oc2ccccn2)CC1. The van der Waals surface area contributed by atoms with E-state index in [1.165, 1.54) is 11.0 Å². The van der Waals surface area contributed by atoms with E-state index in [9.17, 15) is 13.6 Å². The molecule has 0 unspecified atom stereocenters. The normalized spacial score (nSPS) is 15.2. The van der Waals surface area contributed by atoms with E-state index >= 15 is 0 Å². The lowest BCUT2D eigenvalue weighted by atomic mass is 10.1. The molecule has 0 bridgehead atoms. The number of halogens is 2. The minimum atomic E-state index is -0.795. The lowest BCUT2D eigenvalue weighted by Crippen LogP contribution is -2.44. The maximum absolute atomic E-state index is 13.6. The fraction of sp³-hybridized carbons (Fsp3) is 0.294. The van der Waals surface area contributed by atoms with Gasteiger partial charge in [0.2, 0.25) is 5.88 Å². The summed E-state index contributed by atoms with van der Waals surface area (Å²) in [6.07, 6.45) is 2.88. The first kappa shape index (κ1) is 16.2. The van der Waals surface area contributed by atoms with E-state index in [1.807, 2.05) is 12.1 Å². The third kappa shape index (κ3) is 3.79. The van der Waals surface area contributed by atoms with E-state index in [0.29, 0.717) is 31.8 Å². The first-order chi connectivity index (χ1) is 11.6. The Morgan fingerprint density at radius 3 is 2.46 bits per heavy atom. The molecule has 2 amide bonds. The summed E-state index contributed by atoms with van der Waals surface area (Å²) < 4.78 is 32.9. The van der Waals surface area contributed by atoms with Crippen LogP contribution in [0.15, 0.2) is 42.6 Å². The Balaban J connectivity index is 1.54. The van der Waals surface area contributed by atoms with Crippen LogP contribution in [-0.4, -0.2) is 35.1 Å². The maximum atomic E-state index is 13.6. The number of para-hydroxylation sites is 1. The highest BCUT2D eigenvalue weighted by Gasteiger charge is 2.25. The van der Waals surface area contributed by atoms with Gasteiger partial charge >= 0.3 is 6.03 Å². The molecule has 24 heavy (non-hydrogen) atoms. The highest BCUT2D eigenvalue weighted by atomic mass is 19.1. The minimum absolute atomic E-state index is 0.0332. The zero-order chi connectivity index (χ0) is 16.9. The standard InChI is InChI=1S/C17H17F2N3O2/c18-13-4-3-5-14(19)16(13)21-17(23)22-10-7-12(8-11-22)24-15-6-1-2-9-20-15/h1-6,9,12H,7-8,10-11H2,(H,21,23). The maximum Gasteiger partial charge on any atom is 0.322 e. The van der Waals surface area contributed by atoms with Crippen molar-refractivity contribution in [2.75, 3.05) is 18.4 Å². The molecule has 1 aliphatic heterocycles. The Morgan fingerprint density at radius 1 is 1.12 bits per heavy atom. The number of hydrogen-bond acceptors (Lipinski definition) is 3. The van der Waals surface area contributed by atoms with Gasteiger partial charge in [-0.1, -0.05) is 12.1 Å². The molecular weight excluding hydrogens is 316 g/mol. The lowest BCUT2D eigenvalue weighted by molar-refractivity contribution is 0.111. The predicted molar refractivity (Wildman–Crippen MR) is 84.8 cm³/mol. The van der Waals surface area contributed by atoms with Crippen molar-refractivity contribution in [1.82, 2.24) is 9.88 Å². The van der Waals surface area contributed by atoms with Gasteiger partial charge in [-0.2, -0.15) is 0 Å². The van der Waals surface area contributed by atoms with Gasteiger partial charge in [-0.25, -0.2) is 18.6 Å². The second-order valence-electron chi connectivity index (χ2n) is 5.50. The number of carbonyl (C=O) groups is 1. The summed E-state index contributed by atoms with van der Waals surface area (Å²) >= 11 is 0. The van der Waals surface area contributed by atoms with E-state index in [4.69, 9.17) is 4.74 Å². The van der Waals surface area contributed by atoms with Crippen molar-refractivity contribution in [2.24, 2.45) is 0 Å². The van der Waals surface area contributed by atoms with E-state index < -0.39 is 23.4 Å². The largest absolute Gasteiger partial charge is 0.474 e. The number of nitrogens with one attached hydrogen (secondary N) is 1. The monoisotopic (exact) mass is 333 g/mol. The molecule has 3 rings (SSSR count). The van der Waals surface area contributed by atoms with E-state index in [0.717, 1.165) is 12.1 Å².